The fourth-order valence-electron chi connectivity index (χ4n) is 3.53. The van der Waals surface area contributed by atoms with Crippen LogP contribution in [0.1, 0.15) is 11.1 Å². The van der Waals surface area contributed by atoms with Crippen LogP contribution < -0.4 is 15.6 Å². The van der Waals surface area contributed by atoms with E-state index in [9.17, 15) is 14.0 Å². The van der Waals surface area contributed by atoms with Crippen LogP contribution in [0.3, 0.4) is 0 Å². The van der Waals surface area contributed by atoms with Crippen LogP contribution in [0.25, 0.3) is 21.2 Å². The molecule has 0 bridgehead atoms. The lowest BCUT2D eigenvalue weighted by Crippen LogP contribution is -2.15. The third-order valence-corrected chi connectivity index (χ3v) is 5.78. The Kier molecular flexibility index (Phi) is 5.51. The van der Waals surface area contributed by atoms with Crippen molar-refractivity contribution in [2.24, 2.45) is 7.05 Å². The van der Waals surface area contributed by atoms with Crippen LogP contribution in [0.5, 0.6) is 11.5 Å². The Bertz CT molecular complexity index is 1460. The summed E-state index contributed by atoms with van der Waals surface area (Å²) < 4.78 is 26.2. The highest BCUT2D eigenvalue weighted by molar-refractivity contribution is 7.13. The van der Waals surface area contributed by atoms with Gasteiger partial charge in [0.05, 0.1) is 0 Å². The van der Waals surface area contributed by atoms with Crippen molar-refractivity contribution in [3.8, 4) is 35.0 Å². The molecule has 1 N–H and O–H groups in total. The number of fused-ring (bicyclic) bond motifs is 1. The molecule has 0 saturated heterocycles. The van der Waals surface area contributed by atoms with Crippen molar-refractivity contribution < 1.29 is 13.9 Å². The predicted octanol–water partition coefficient (Wildman–Crippen LogP) is 4.78. The number of hydrogen-bond acceptors (Lipinski definition) is 5. The van der Waals surface area contributed by atoms with Crippen molar-refractivity contribution in [1.29, 1.82) is 0 Å². The Morgan fingerprint density at radius 3 is 2.62 bits per heavy atom. The number of aromatic nitrogens is 2. The van der Waals surface area contributed by atoms with Gasteiger partial charge in [-0.2, -0.15) is 4.37 Å². The van der Waals surface area contributed by atoms with Crippen molar-refractivity contribution in [3.05, 3.63) is 70.0 Å². The summed E-state index contributed by atoms with van der Waals surface area (Å²) in [6, 6.07) is 7.87. The number of terminal acetylenes is 1. The molecule has 32 heavy (non-hydrogen) atoms. The number of carbonyl (C=O) groups is 1. The van der Waals surface area contributed by atoms with Crippen molar-refractivity contribution in [1.82, 2.24) is 8.94 Å². The van der Waals surface area contributed by atoms with E-state index in [0.717, 1.165) is 11.5 Å². The van der Waals surface area contributed by atoms with Crippen molar-refractivity contribution in [2.45, 2.75) is 13.8 Å². The van der Waals surface area contributed by atoms with E-state index in [2.05, 4.69) is 9.69 Å². The van der Waals surface area contributed by atoms with E-state index in [4.69, 9.17) is 11.2 Å². The lowest BCUT2D eigenvalue weighted by Gasteiger charge is -2.17. The Labute approximate surface area is 187 Å². The quantitative estimate of drug-likeness (QED) is 0.457. The second kappa shape index (κ2) is 8.29. The summed E-state index contributed by atoms with van der Waals surface area (Å²) in [6.07, 6.45) is 8.50. The summed E-state index contributed by atoms with van der Waals surface area (Å²) in [4.78, 5) is 24.2. The monoisotopic (exact) mass is 447 g/mol. The number of carbonyl (C=O) groups excluding carboxylic acids is 1. The molecule has 0 unspecified atom stereocenters. The summed E-state index contributed by atoms with van der Waals surface area (Å²) in [7, 11) is 1.66. The van der Waals surface area contributed by atoms with Gasteiger partial charge in [-0.1, -0.05) is 0 Å². The van der Waals surface area contributed by atoms with Crippen molar-refractivity contribution >= 4 is 33.2 Å². The zero-order valence-corrected chi connectivity index (χ0v) is 18.3. The molecule has 4 rings (SSSR count). The van der Waals surface area contributed by atoms with Crippen LogP contribution in [0.4, 0.5) is 10.1 Å². The molecular weight excluding hydrogens is 429 g/mol. The fourth-order valence-corrected chi connectivity index (χ4v) is 4.27. The summed E-state index contributed by atoms with van der Waals surface area (Å²) >= 11 is 1.11. The second-order valence-corrected chi connectivity index (χ2v) is 8.11. The number of hydrogen-bond donors (Lipinski definition) is 1. The van der Waals surface area contributed by atoms with Gasteiger partial charge in [-0.05, 0) is 72.8 Å². The molecule has 0 atom stereocenters. The largest absolute Gasteiger partial charge is 0.456 e. The van der Waals surface area contributed by atoms with Crippen LogP contribution >= 0.6 is 11.5 Å². The molecule has 2 aromatic carbocycles. The fraction of sp³-hybridized carbons (Fsp3) is 0.125. The average Bonchev–Trinajstić information content (AvgIpc) is 3.24. The minimum atomic E-state index is -0.586. The predicted molar refractivity (Wildman–Crippen MR) is 124 cm³/mol. The van der Waals surface area contributed by atoms with Gasteiger partial charge in [0, 0.05) is 41.6 Å². The Balaban J connectivity index is 1.94. The Hall–Kier alpha value is -3.96. The summed E-state index contributed by atoms with van der Waals surface area (Å²) in [6.45, 7) is 3.53. The number of nitrogens with one attached hydrogen (secondary N) is 1. The van der Waals surface area contributed by atoms with Crippen LogP contribution in [-0.4, -0.2) is 14.8 Å². The number of rotatable bonds is 4. The van der Waals surface area contributed by atoms with Gasteiger partial charge in [-0.25, -0.2) is 4.39 Å². The molecule has 2 aromatic heterocycles. The maximum atomic E-state index is 13.8. The number of nitrogens with zero attached hydrogens (tertiary/aromatic N) is 2. The topological polar surface area (TPSA) is 73.2 Å². The number of aryl methyl sites for hydroxylation is 3. The molecule has 0 fully saturated rings. The molecule has 160 valence electrons. The highest BCUT2D eigenvalue weighted by atomic mass is 32.1. The molecule has 6 nitrogen and oxygen atoms in total. The van der Waals surface area contributed by atoms with E-state index in [1.165, 1.54) is 16.7 Å². The zero-order chi connectivity index (χ0) is 23.0. The van der Waals surface area contributed by atoms with E-state index in [1.54, 1.807) is 51.5 Å². The standard InChI is InChI=1S/C24H18FN3O3S/c1-5-21(29)27-16-6-7-20(31-22-13(2)8-15(25)9-14(22)3)17(10-16)19-12-28(4)24(30)23-18(19)11-26-32-23/h1,6-12H,2-4H3,(H,27,29). The van der Waals surface area contributed by atoms with Gasteiger partial charge in [0.25, 0.3) is 11.5 Å². The van der Waals surface area contributed by atoms with E-state index < -0.39 is 5.91 Å². The first-order chi connectivity index (χ1) is 15.3. The first-order valence-corrected chi connectivity index (χ1v) is 10.4. The Morgan fingerprint density at radius 2 is 1.94 bits per heavy atom. The van der Waals surface area contributed by atoms with Crippen LogP contribution in [0.2, 0.25) is 0 Å². The minimum absolute atomic E-state index is 0.157. The third kappa shape index (κ3) is 3.86. The number of anilines is 1. The second-order valence-electron chi connectivity index (χ2n) is 7.31. The lowest BCUT2D eigenvalue weighted by atomic mass is 10.0. The van der Waals surface area contributed by atoms with Crippen LogP contribution in [0.15, 0.2) is 47.5 Å². The number of pyridine rings is 1. The van der Waals surface area contributed by atoms with Gasteiger partial charge in [0.15, 0.2) is 0 Å². The van der Waals surface area contributed by atoms with E-state index in [1.807, 2.05) is 5.92 Å². The van der Waals surface area contributed by atoms with E-state index in [-0.39, 0.29) is 11.4 Å². The highest BCUT2D eigenvalue weighted by Gasteiger charge is 2.18. The number of halogens is 1. The summed E-state index contributed by atoms with van der Waals surface area (Å²) in [5.41, 5.74) is 2.90. The number of ether oxygens (including phenoxy) is 1. The van der Waals surface area contributed by atoms with Crippen molar-refractivity contribution in [3.63, 3.8) is 0 Å². The first-order valence-electron chi connectivity index (χ1n) is 9.59. The summed E-state index contributed by atoms with van der Waals surface area (Å²) in [5.74, 6) is 2.08. The number of benzene rings is 2. The first kappa shape index (κ1) is 21.3. The van der Waals surface area contributed by atoms with Gasteiger partial charge in [0.2, 0.25) is 0 Å². The highest BCUT2D eigenvalue weighted by Crippen LogP contribution is 2.40. The van der Waals surface area contributed by atoms with Gasteiger partial charge in [-0.15, -0.1) is 6.42 Å². The molecule has 2 heterocycles. The van der Waals surface area contributed by atoms with E-state index in [0.29, 0.717) is 49.5 Å². The van der Waals surface area contributed by atoms with Crippen LogP contribution in [-0.2, 0) is 11.8 Å². The summed E-state index contributed by atoms with van der Waals surface area (Å²) in [5, 5.41) is 3.29. The molecule has 0 aliphatic rings. The molecule has 8 heteroatoms. The third-order valence-electron chi connectivity index (χ3n) is 4.99. The molecule has 0 aliphatic heterocycles. The number of amides is 1. The minimum Gasteiger partial charge on any atom is -0.456 e. The molecule has 0 aliphatic carbocycles. The van der Waals surface area contributed by atoms with Crippen molar-refractivity contribution in [2.75, 3.05) is 5.32 Å². The van der Waals surface area contributed by atoms with Gasteiger partial charge in [0.1, 0.15) is 22.0 Å². The maximum absolute atomic E-state index is 13.8. The average molecular weight is 447 g/mol. The normalized spacial score (nSPS) is 10.7. The zero-order valence-electron chi connectivity index (χ0n) is 17.5. The molecule has 1 amide bonds. The van der Waals surface area contributed by atoms with Crippen LogP contribution in [0, 0.1) is 32.0 Å². The van der Waals surface area contributed by atoms with Gasteiger partial charge < -0.3 is 14.6 Å². The molecule has 0 spiro atoms. The molecular formula is C24H18FN3O3S. The molecule has 0 saturated carbocycles. The Morgan fingerprint density at radius 1 is 1.22 bits per heavy atom. The smallest absolute Gasteiger partial charge is 0.300 e. The lowest BCUT2D eigenvalue weighted by molar-refractivity contribution is -0.111. The maximum Gasteiger partial charge on any atom is 0.300 e. The molecule has 0 radical (unpaired) electrons. The van der Waals surface area contributed by atoms with Gasteiger partial charge in [-0.3, -0.25) is 9.59 Å². The van der Waals surface area contributed by atoms with Gasteiger partial charge >= 0.3 is 0 Å². The molecule has 4 aromatic rings. The SMILES string of the molecule is C#CC(=O)Nc1ccc(Oc2c(C)cc(F)cc2C)c(-c2cn(C)c(=O)c3sncc23)c1. The van der Waals surface area contributed by atoms with E-state index >= 15 is 0 Å².